The van der Waals surface area contributed by atoms with E-state index in [0.29, 0.717) is 23.6 Å². The quantitative estimate of drug-likeness (QED) is 0.0461. The maximum absolute atomic E-state index is 12.3. The molecule has 0 saturated carbocycles. The number of nitrogens with zero attached hydrogens (tertiary/aromatic N) is 7. The normalized spacial score (nSPS) is 10.8. The maximum atomic E-state index is 12.3. The zero-order chi connectivity index (χ0) is 32.5. The second kappa shape index (κ2) is 14.9. The third-order valence-electron chi connectivity index (χ3n) is 6.92. The first kappa shape index (κ1) is 31.8. The lowest BCUT2D eigenvalue weighted by molar-refractivity contribution is -0.763. The van der Waals surface area contributed by atoms with Crippen molar-refractivity contribution in [1.29, 1.82) is 0 Å². The van der Waals surface area contributed by atoms with Crippen LogP contribution in [0, 0.1) is 10.1 Å². The number of ether oxygens (including phenoxy) is 2. The molecular weight excluding hydrogens is 618 g/mol. The third-order valence-corrected chi connectivity index (χ3v) is 7.20. The molecule has 5 aromatic rings. The minimum absolute atomic E-state index is 0.0523. The van der Waals surface area contributed by atoms with Crippen LogP contribution in [0.3, 0.4) is 0 Å². The Morgan fingerprint density at radius 1 is 1.04 bits per heavy atom. The number of tetrazole rings is 1. The van der Waals surface area contributed by atoms with Crippen LogP contribution in [-0.2, 0) is 35.9 Å². The molecule has 0 spiro atoms. The van der Waals surface area contributed by atoms with Crippen molar-refractivity contribution in [2.75, 3.05) is 0 Å². The first-order valence-electron chi connectivity index (χ1n) is 14.2. The minimum atomic E-state index is -1.07. The first-order chi connectivity index (χ1) is 22.4. The van der Waals surface area contributed by atoms with E-state index in [0.717, 1.165) is 52.9 Å². The number of para-hydroxylation sites is 1. The second-order valence-electron chi connectivity index (χ2n) is 9.97. The van der Waals surface area contributed by atoms with Crippen molar-refractivity contribution in [2.24, 2.45) is 0 Å². The monoisotopic (exact) mass is 645 g/mol. The van der Waals surface area contributed by atoms with Gasteiger partial charge >= 0.3 is 6.16 Å². The van der Waals surface area contributed by atoms with E-state index in [1.807, 2.05) is 53.1 Å². The molecule has 0 amide bonds. The SMILES string of the molecule is CCCCc1nc(Cl)c(C=O)n1Cc1ccc(-c2ccccc2-c2nnn(COC(=O)Oc3ccccc3CO[N+](=O)[O-])n2)cc1. The lowest BCUT2D eigenvalue weighted by Gasteiger charge is -2.11. The largest absolute Gasteiger partial charge is 0.515 e. The highest BCUT2D eigenvalue weighted by atomic mass is 35.5. The predicted molar refractivity (Wildman–Crippen MR) is 164 cm³/mol. The number of aromatic nitrogens is 6. The molecule has 15 heteroatoms. The molecule has 14 nitrogen and oxygen atoms in total. The summed E-state index contributed by atoms with van der Waals surface area (Å²) in [6, 6.07) is 21.6. The summed E-state index contributed by atoms with van der Waals surface area (Å²) in [5.74, 6) is 1.14. The molecule has 0 aliphatic carbocycles. The Kier molecular flexibility index (Phi) is 10.3. The number of rotatable bonds is 14. The van der Waals surface area contributed by atoms with E-state index in [2.05, 4.69) is 32.2 Å². The van der Waals surface area contributed by atoms with Gasteiger partial charge in [0.1, 0.15) is 23.9 Å². The van der Waals surface area contributed by atoms with Gasteiger partial charge in [-0.3, -0.25) is 4.79 Å². The Balaban J connectivity index is 1.26. The molecular formula is C31H28ClN7O7. The van der Waals surface area contributed by atoms with Crippen LogP contribution in [0.25, 0.3) is 22.5 Å². The first-order valence-corrected chi connectivity index (χ1v) is 14.6. The fraction of sp³-hybridized carbons (Fsp3) is 0.226. The van der Waals surface area contributed by atoms with Gasteiger partial charge in [0, 0.05) is 24.1 Å². The fourth-order valence-corrected chi connectivity index (χ4v) is 4.92. The predicted octanol–water partition coefficient (Wildman–Crippen LogP) is 5.94. The number of aryl methyl sites for hydroxylation is 1. The molecule has 46 heavy (non-hydrogen) atoms. The zero-order valence-electron chi connectivity index (χ0n) is 24.6. The standard InChI is InChI=1S/C31H28ClN7O7/c1-2-3-12-28-33-29(32)26(18-40)37(28)17-21-13-15-22(16-14-21)24-9-5-6-10-25(24)30-34-36-38(35-30)20-44-31(41)46-27-11-7-4-8-23(27)19-45-39(42)43/h4-11,13-16,18H,2-3,12,17,19-20H2,1H3. The molecule has 2 aromatic heterocycles. The van der Waals surface area contributed by atoms with E-state index in [1.54, 1.807) is 12.1 Å². The summed E-state index contributed by atoms with van der Waals surface area (Å²) in [4.78, 5) is 44.4. The average Bonchev–Trinajstić information content (AvgIpc) is 3.66. The topological polar surface area (TPSA) is 166 Å². The van der Waals surface area contributed by atoms with Crippen LogP contribution >= 0.6 is 11.6 Å². The Hall–Kier alpha value is -5.63. The number of carbonyl (C=O) groups excluding carboxylic acids is 2. The van der Waals surface area contributed by atoms with Gasteiger partial charge in [-0.05, 0) is 34.4 Å². The summed E-state index contributed by atoms with van der Waals surface area (Å²) < 4.78 is 12.1. The van der Waals surface area contributed by atoms with E-state index in [4.69, 9.17) is 21.1 Å². The molecule has 236 valence electrons. The average molecular weight is 646 g/mol. The second-order valence-corrected chi connectivity index (χ2v) is 10.3. The molecule has 0 radical (unpaired) electrons. The number of hydrogen-bond donors (Lipinski definition) is 0. The molecule has 2 heterocycles. The summed E-state index contributed by atoms with van der Waals surface area (Å²) in [5, 5.41) is 22.3. The van der Waals surface area contributed by atoms with Gasteiger partial charge < -0.3 is 18.9 Å². The van der Waals surface area contributed by atoms with E-state index < -0.39 is 24.6 Å². The molecule has 0 fully saturated rings. The number of aldehydes is 1. The van der Waals surface area contributed by atoms with Crippen LogP contribution < -0.4 is 4.74 Å². The van der Waals surface area contributed by atoms with Gasteiger partial charge in [-0.1, -0.05) is 91.7 Å². The third kappa shape index (κ3) is 7.71. The molecule has 0 aliphatic rings. The number of halogens is 1. The van der Waals surface area contributed by atoms with E-state index in [1.165, 1.54) is 12.1 Å². The zero-order valence-corrected chi connectivity index (χ0v) is 25.4. The van der Waals surface area contributed by atoms with Crippen LogP contribution in [-0.4, -0.2) is 47.3 Å². The number of carbonyl (C=O) groups is 2. The van der Waals surface area contributed by atoms with E-state index in [9.17, 15) is 19.7 Å². The Morgan fingerprint density at radius 3 is 2.52 bits per heavy atom. The van der Waals surface area contributed by atoms with Crippen LogP contribution in [0.4, 0.5) is 4.79 Å². The molecule has 0 atom stereocenters. The molecule has 5 rings (SSSR count). The summed E-state index contributed by atoms with van der Waals surface area (Å²) in [5.41, 5.74) is 4.08. The van der Waals surface area contributed by atoms with Gasteiger partial charge in [-0.15, -0.1) is 25.1 Å². The van der Waals surface area contributed by atoms with Gasteiger partial charge in [-0.2, -0.15) is 0 Å². The molecule has 0 aliphatic heterocycles. The Morgan fingerprint density at radius 2 is 1.78 bits per heavy atom. The molecule has 0 N–H and O–H groups in total. The number of unbranched alkanes of at least 4 members (excludes halogenated alkanes) is 1. The van der Waals surface area contributed by atoms with Crippen molar-refractivity contribution in [2.45, 2.75) is 46.1 Å². The highest BCUT2D eigenvalue weighted by Crippen LogP contribution is 2.30. The van der Waals surface area contributed by atoms with E-state index in [-0.39, 0.29) is 16.5 Å². The fourth-order valence-electron chi connectivity index (χ4n) is 4.68. The van der Waals surface area contributed by atoms with Crippen LogP contribution in [0.15, 0.2) is 72.8 Å². The minimum Gasteiger partial charge on any atom is -0.409 e. The van der Waals surface area contributed by atoms with Crippen LogP contribution in [0.5, 0.6) is 5.75 Å². The summed E-state index contributed by atoms with van der Waals surface area (Å²) in [7, 11) is 0. The molecule has 0 unspecified atom stereocenters. The van der Waals surface area contributed by atoms with Gasteiger partial charge in [0.25, 0.3) is 5.09 Å². The summed E-state index contributed by atoms with van der Waals surface area (Å²) in [6.07, 6.45) is 2.33. The lowest BCUT2D eigenvalue weighted by Crippen LogP contribution is -2.16. The van der Waals surface area contributed by atoms with Crippen LogP contribution in [0.1, 0.15) is 47.2 Å². The van der Waals surface area contributed by atoms with Crippen molar-refractivity contribution in [3.05, 3.63) is 111 Å². The lowest BCUT2D eigenvalue weighted by atomic mass is 9.98. The number of imidazole rings is 1. The van der Waals surface area contributed by atoms with Crippen molar-refractivity contribution in [3.8, 4) is 28.3 Å². The van der Waals surface area contributed by atoms with Crippen molar-refractivity contribution in [3.63, 3.8) is 0 Å². The van der Waals surface area contributed by atoms with Crippen molar-refractivity contribution < 1.29 is 29.0 Å². The molecule has 0 bridgehead atoms. The van der Waals surface area contributed by atoms with Crippen LogP contribution in [0.2, 0.25) is 5.15 Å². The maximum Gasteiger partial charge on any atom is 0.515 e. The molecule has 3 aromatic carbocycles. The van der Waals surface area contributed by atoms with Crippen molar-refractivity contribution in [1.82, 2.24) is 29.8 Å². The van der Waals surface area contributed by atoms with Gasteiger partial charge in [0.15, 0.2) is 11.4 Å². The Bertz CT molecular complexity index is 1840. The number of benzene rings is 3. The van der Waals surface area contributed by atoms with Gasteiger partial charge in [-0.25, -0.2) is 9.78 Å². The Labute approximate surface area is 267 Å². The highest BCUT2D eigenvalue weighted by molar-refractivity contribution is 6.31. The van der Waals surface area contributed by atoms with Crippen molar-refractivity contribution >= 4 is 24.0 Å². The van der Waals surface area contributed by atoms with E-state index >= 15 is 0 Å². The highest BCUT2D eigenvalue weighted by Gasteiger charge is 2.17. The summed E-state index contributed by atoms with van der Waals surface area (Å²) >= 11 is 6.24. The smallest absolute Gasteiger partial charge is 0.409 e. The van der Waals surface area contributed by atoms with Gasteiger partial charge in [0.05, 0.1) is 0 Å². The molecule has 0 saturated heterocycles. The number of hydrogen-bond acceptors (Lipinski definition) is 11. The van der Waals surface area contributed by atoms with Gasteiger partial charge in [0.2, 0.25) is 12.6 Å². The summed E-state index contributed by atoms with van der Waals surface area (Å²) in [6.45, 7) is 1.76.